The van der Waals surface area contributed by atoms with Crippen molar-refractivity contribution < 1.29 is 14.6 Å². The molecule has 1 N–H and O–H groups in total. The molecule has 0 spiro atoms. The monoisotopic (exact) mass is 248 g/mol. The average Bonchev–Trinajstić information content (AvgIpc) is 2.82. The van der Waals surface area contributed by atoms with Crippen molar-refractivity contribution in [1.82, 2.24) is 0 Å². The molecule has 3 nitrogen and oxygen atoms in total. The van der Waals surface area contributed by atoms with E-state index in [9.17, 15) is 9.90 Å². The predicted octanol–water partition coefficient (Wildman–Crippen LogP) is 3.07. The van der Waals surface area contributed by atoms with Crippen LogP contribution in [0, 0.1) is 0 Å². The Labute approximate surface area is 108 Å². The molecular formula is C15H20O3. The van der Waals surface area contributed by atoms with Crippen LogP contribution < -0.4 is 0 Å². The highest BCUT2D eigenvalue weighted by Crippen LogP contribution is 2.55. The summed E-state index contributed by atoms with van der Waals surface area (Å²) in [5.41, 5.74) is 0.151. The standard InChI is InChI=1S/C15H20O3/c1-13(2,3)10-6-8-11(9-7-10)15(12(16)17)14(4,5)18-15/h6-9H,1-5H3,(H,16,17). The number of ether oxygens (including phenoxy) is 1. The fraction of sp³-hybridized carbons (Fsp3) is 0.533. The van der Waals surface area contributed by atoms with Gasteiger partial charge in [-0.2, -0.15) is 0 Å². The molecule has 0 saturated carbocycles. The van der Waals surface area contributed by atoms with Crippen LogP contribution in [0.2, 0.25) is 0 Å². The first-order chi connectivity index (χ1) is 8.11. The zero-order valence-corrected chi connectivity index (χ0v) is 11.6. The van der Waals surface area contributed by atoms with E-state index in [-0.39, 0.29) is 5.41 Å². The van der Waals surface area contributed by atoms with Crippen LogP contribution in [-0.2, 0) is 20.5 Å². The van der Waals surface area contributed by atoms with E-state index in [4.69, 9.17) is 4.74 Å². The Hall–Kier alpha value is -1.35. The number of carboxylic acids is 1. The summed E-state index contributed by atoms with van der Waals surface area (Å²) >= 11 is 0. The molecule has 1 atom stereocenters. The molecule has 0 aliphatic carbocycles. The van der Waals surface area contributed by atoms with Crippen molar-refractivity contribution in [2.24, 2.45) is 0 Å². The van der Waals surface area contributed by atoms with E-state index in [1.54, 1.807) is 13.8 Å². The third kappa shape index (κ3) is 1.74. The van der Waals surface area contributed by atoms with Gasteiger partial charge in [-0.15, -0.1) is 0 Å². The Bertz CT molecular complexity index is 479. The maximum Gasteiger partial charge on any atom is 0.343 e. The predicted molar refractivity (Wildman–Crippen MR) is 69.6 cm³/mol. The van der Waals surface area contributed by atoms with Gasteiger partial charge in [-0.1, -0.05) is 45.0 Å². The summed E-state index contributed by atoms with van der Waals surface area (Å²) in [6.45, 7) is 10.0. The van der Waals surface area contributed by atoms with Gasteiger partial charge in [-0.05, 0) is 30.4 Å². The van der Waals surface area contributed by atoms with Gasteiger partial charge in [0.25, 0.3) is 0 Å². The number of hydrogen-bond donors (Lipinski definition) is 1. The fourth-order valence-corrected chi connectivity index (χ4v) is 2.39. The quantitative estimate of drug-likeness (QED) is 0.818. The molecule has 1 unspecified atom stereocenters. The number of aliphatic carboxylic acids is 1. The Balaban J connectivity index is 2.39. The highest BCUT2D eigenvalue weighted by molar-refractivity contribution is 5.84. The van der Waals surface area contributed by atoms with Crippen LogP contribution in [0.1, 0.15) is 45.7 Å². The molecule has 1 saturated heterocycles. The van der Waals surface area contributed by atoms with Crippen LogP contribution in [0.15, 0.2) is 24.3 Å². The number of rotatable bonds is 2. The molecular weight excluding hydrogens is 228 g/mol. The summed E-state index contributed by atoms with van der Waals surface area (Å²) in [6, 6.07) is 7.70. The Morgan fingerprint density at radius 3 is 1.89 bits per heavy atom. The minimum absolute atomic E-state index is 0.0643. The molecule has 1 aliphatic heterocycles. The summed E-state index contributed by atoms with van der Waals surface area (Å²) in [4.78, 5) is 11.5. The second-order valence-electron chi connectivity index (χ2n) is 6.43. The number of carbonyl (C=O) groups is 1. The second kappa shape index (κ2) is 3.58. The summed E-state index contributed by atoms with van der Waals surface area (Å²) in [6.07, 6.45) is 0. The van der Waals surface area contributed by atoms with Gasteiger partial charge < -0.3 is 9.84 Å². The van der Waals surface area contributed by atoms with E-state index >= 15 is 0 Å². The van der Waals surface area contributed by atoms with E-state index in [1.807, 2.05) is 24.3 Å². The van der Waals surface area contributed by atoms with Crippen molar-refractivity contribution in [3.8, 4) is 0 Å². The smallest absolute Gasteiger partial charge is 0.343 e. The molecule has 1 aromatic rings. The molecule has 1 heterocycles. The van der Waals surface area contributed by atoms with Crippen LogP contribution >= 0.6 is 0 Å². The molecule has 0 radical (unpaired) electrons. The van der Waals surface area contributed by atoms with Gasteiger partial charge in [0.15, 0.2) is 0 Å². The maximum atomic E-state index is 11.5. The van der Waals surface area contributed by atoms with Crippen molar-refractivity contribution in [1.29, 1.82) is 0 Å². The summed E-state index contributed by atoms with van der Waals surface area (Å²) in [5.74, 6) is -0.920. The van der Waals surface area contributed by atoms with Gasteiger partial charge in [0.2, 0.25) is 5.60 Å². The first kappa shape index (κ1) is 13.1. The van der Waals surface area contributed by atoms with Crippen LogP contribution in [-0.4, -0.2) is 16.7 Å². The molecule has 2 rings (SSSR count). The summed E-state index contributed by atoms with van der Waals surface area (Å²) in [5, 5.41) is 9.40. The second-order valence-corrected chi connectivity index (χ2v) is 6.43. The van der Waals surface area contributed by atoms with E-state index in [0.717, 1.165) is 0 Å². The van der Waals surface area contributed by atoms with E-state index in [1.165, 1.54) is 5.56 Å². The Morgan fingerprint density at radius 1 is 1.17 bits per heavy atom. The number of epoxide rings is 1. The van der Waals surface area contributed by atoms with E-state index in [2.05, 4.69) is 20.8 Å². The lowest BCUT2D eigenvalue weighted by Gasteiger charge is -2.20. The molecule has 0 amide bonds. The zero-order valence-electron chi connectivity index (χ0n) is 11.6. The van der Waals surface area contributed by atoms with Gasteiger partial charge in [0, 0.05) is 0 Å². The molecule has 3 heteroatoms. The molecule has 1 aliphatic rings. The van der Waals surface area contributed by atoms with Gasteiger partial charge in [0.1, 0.15) is 5.60 Å². The van der Waals surface area contributed by atoms with Crippen LogP contribution in [0.5, 0.6) is 0 Å². The summed E-state index contributed by atoms with van der Waals surface area (Å²) in [7, 11) is 0. The molecule has 98 valence electrons. The van der Waals surface area contributed by atoms with Gasteiger partial charge in [-0.25, -0.2) is 4.79 Å². The first-order valence-corrected chi connectivity index (χ1v) is 6.16. The van der Waals surface area contributed by atoms with Crippen LogP contribution in [0.4, 0.5) is 0 Å². The maximum absolute atomic E-state index is 11.5. The van der Waals surface area contributed by atoms with Crippen molar-refractivity contribution in [2.45, 2.75) is 51.2 Å². The zero-order chi connectivity index (χ0) is 13.8. The largest absolute Gasteiger partial charge is 0.479 e. The Kier molecular flexibility index (Phi) is 2.60. The fourth-order valence-electron chi connectivity index (χ4n) is 2.39. The Morgan fingerprint density at radius 2 is 1.61 bits per heavy atom. The van der Waals surface area contributed by atoms with Gasteiger partial charge in [0.05, 0.1) is 0 Å². The molecule has 1 fully saturated rings. The molecule has 18 heavy (non-hydrogen) atoms. The van der Waals surface area contributed by atoms with Crippen LogP contribution in [0.3, 0.4) is 0 Å². The first-order valence-electron chi connectivity index (χ1n) is 6.16. The highest BCUT2D eigenvalue weighted by Gasteiger charge is 2.70. The molecule has 0 bridgehead atoms. The lowest BCUT2D eigenvalue weighted by Crippen LogP contribution is -2.28. The lowest BCUT2D eigenvalue weighted by molar-refractivity contribution is -0.143. The van der Waals surface area contributed by atoms with Crippen molar-refractivity contribution in [3.63, 3.8) is 0 Å². The average molecular weight is 248 g/mol. The van der Waals surface area contributed by atoms with Gasteiger partial charge >= 0.3 is 5.97 Å². The topological polar surface area (TPSA) is 49.8 Å². The number of benzene rings is 1. The summed E-state index contributed by atoms with van der Waals surface area (Å²) < 4.78 is 5.47. The van der Waals surface area contributed by atoms with Crippen molar-refractivity contribution in [2.75, 3.05) is 0 Å². The van der Waals surface area contributed by atoms with Crippen molar-refractivity contribution >= 4 is 5.97 Å². The van der Waals surface area contributed by atoms with Crippen LogP contribution in [0.25, 0.3) is 0 Å². The van der Waals surface area contributed by atoms with Crippen molar-refractivity contribution in [3.05, 3.63) is 35.4 Å². The minimum Gasteiger partial charge on any atom is -0.479 e. The third-order valence-electron chi connectivity index (χ3n) is 3.67. The number of hydrogen-bond acceptors (Lipinski definition) is 2. The molecule has 0 aromatic heterocycles. The third-order valence-corrected chi connectivity index (χ3v) is 3.67. The van der Waals surface area contributed by atoms with E-state index < -0.39 is 17.2 Å². The van der Waals surface area contributed by atoms with Gasteiger partial charge in [-0.3, -0.25) is 0 Å². The SMILES string of the molecule is CC(C)(C)c1ccc(C2(C(=O)O)OC2(C)C)cc1. The molecule has 1 aromatic carbocycles. The normalized spacial score (nSPS) is 25.8. The minimum atomic E-state index is -1.18. The lowest BCUT2D eigenvalue weighted by atomic mass is 9.83. The number of carboxylic acid groups (broad SMARTS) is 1. The van der Waals surface area contributed by atoms with E-state index in [0.29, 0.717) is 5.56 Å². The highest BCUT2D eigenvalue weighted by atomic mass is 16.6.